The quantitative estimate of drug-likeness (QED) is 0.235. The van der Waals surface area contributed by atoms with E-state index in [9.17, 15) is 19.6 Å². The lowest BCUT2D eigenvalue weighted by Crippen LogP contribution is -2.13. The average molecular weight is 454 g/mol. The van der Waals surface area contributed by atoms with Crippen molar-refractivity contribution in [2.45, 2.75) is 13.8 Å². The van der Waals surface area contributed by atoms with Gasteiger partial charge in [0.1, 0.15) is 17.4 Å². The first-order valence-electron chi connectivity index (χ1n) is 10.5. The molecule has 0 unspecified atom stereocenters. The number of rotatable bonds is 7. The second kappa shape index (κ2) is 11.2. The van der Waals surface area contributed by atoms with E-state index in [0.717, 1.165) is 5.56 Å². The van der Waals surface area contributed by atoms with E-state index in [1.54, 1.807) is 55.5 Å². The zero-order valence-electron chi connectivity index (χ0n) is 18.7. The molecule has 3 rings (SSSR count). The lowest BCUT2D eigenvalue weighted by atomic mass is 10.1. The van der Waals surface area contributed by atoms with Crippen LogP contribution in [0.15, 0.2) is 78.4 Å². The summed E-state index contributed by atoms with van der Waals surface area (Å²) in [4.78, 5) is 36.4. The number of benzene rings is 3. The molecule has 0 fully saturated rings. The molecule has 0 spiro atoms. The Morgan fingerprint density at radius 2 is 1.47 bits per heavy atom. The van der Waals surface area contributed by atoms with Crippen LogP contribution in [0.25, 0.3) is 6.08 Å². The minimum Gasteiger partial charge on any atom is -0.462 e. The summed E-state index contributed by atoms with van der Waals surface area (Å²) >= 11 is 0. The molecule has 170 valence electrons. The Hall–Kier alpha value is -4.70. The third-order valence-electron chi connectivity index (χ3n) is 4.71. The molecule has 1 N–H and O–H groups in total. The Morgan fingerprint density at radius 3 is 2.06 bits per heavy atom. The number of nitriles is 1. The highest BCUT2D eigenvalue weighted by Gasteiger charge is 2.12. The van der Waals surface area contributed by atoms with Crippen LogP contribution in [0, 0.1) is 18.3 Å². The fourth-order valence-corrected chi connectivity index (χ4v) is 2.91. The van der Waals surface area contributed by atoms with Crippen molar-refractivity contribution >= 4 is 29.6 Å². The third kappa shape index (κ3) is 6.40. The number of carbonyl (C=O) groups excluding carboxylic acids is 3. The predicted molar refractivity (Wildman–Crippen MR) is 127 cm³/mol. The Balaban J connectivity index is 1.64. The fraction of sp³-hybridized carbons (Fsp3) is 0.111. The zero-order chi connectivity index (χ0) is 24.5. The molecule has 0 aliphatic rings. The van der Waals surface area contributed by atoms with Crippen LogP contribution in [0.5, 0.6) is 5.75 Å². The van der Waals surface area contributed by atoms with E-state index >= 15 is 0 Å². The first kappa shape index (κ1) is 24.0. The summed E-state index contributed by atoms with van der Waals surface area (Å²) in [5, 5.41) is 12.0. The van der Waals surface area contributed by atoms with E-state index in [2.05, 4.69) is 5.32 Å². The monoisotopic (exact) mass is 454 g/mol. The van der Waals surface area contributed by atoms with Gasteiger partial charge in [-0.15, -0.1) is 0 Å². The largest absolute Gasteiger partial charge is 0.462 e. The summed E-state index contributed by atoms with van der Waals surface area (Å²) in [6, 6.07) is 21.5. The van der Waals surface area contributed by atoms with Crippen LogP contribution in [-0.4, -0.2) is 24.5 Å². The lowest BCUT2D eigenvalue weighted by Gasteiger charge is -2.07. The molecule has 0 saturated carbocycles. The van der Waals surface area contributed by atoms with E-state index in [0.29, 0.717) is 28.1 Å². The summed E-state index contributed by atoms with van der Waals surface area (Å²) in [6.07, 6.45) is 1.42. The first-order chi connectivity index (χ1) is 16.4. The Labute approximate surface area is 197 Å². The number of nitrogens with one attached hydrogen (secondary N) is 1. The van der Waals surface area contributed by atoms with E-state index in [-0.39, 0.29) is 12.2 Å². The number of ether oxygens (including phenoxy) is 2. The Kier molecular flexibility index (Phi) is 7.93. The van der Waals surface area contributed by atoms with E-state index < -0.39 is 17.8 Å². The molecule has 3 aromatic rings. The highest BCUT2D eigenvalue weighted by Crippen LogP contribution is 2.18. The molecule has 0 aliphatic heterocycles. The molecule has 0 bridgehead atoms. The van der Waals surface area contributed by atoms with Gasteiger partial charge in [0, 0.05) is 5.69 Å². The van der Waals surface area contributed by atoms with Gasteiger partial charge in [0.15, 0.2) is 0 Å². The maximum absolute atomic E-state index is 12.5. The molecule has 3 aromatic carbocycles. The van der Waals surface area contributed by atoms with Gasteiger partial charge < -0.3 is 14.8 Å². The average Bonchev–Trinajstić information content (AvgIpc) is 2.84. The molecule has 0 atom stereocenters. The van der Waals surface area contributed by atoms with Crippen LogP contribution in [-0.2, 0) is 9.53 Å². The molecule has 7 heteroatoms. The molecule has 0 aliphatic carbocycles. The molecule has 0 aromatic heterocycles. The Morgan fingerprint density at radius 1 is 0.882 bits per heavy atom. The van der Waals surface area contributed by atoms with Crippen molar-refractivity contribution < 1.29 is 23.9 Å². The Bertz CT molecular complexity index is 1250. The van der Waals surface area contributed by atoms with Crippen LogP contribution in [0.3, 0.4) is 0 Å². The van der Waals surface area contributed by atoms with Crippen molar-refractivity contribution in [3.8, 4) is 11.8 Å². The van der Waals surface area contributed by atoms with Crippen molar-refractivity contribution in [3.63, 3.8) is 0 Å². The highest BCUT2D eigenvalue weighted by molar-refractivity contribution is 6.09. The number of nitrogens with zero attached hydrogens (tertiary/aromatic N) is 1. The standard InChI is InChI=1S/C27H22N2O5/c1-3-33-26(31)20-10-12-23(13-11-20)29-25(30)22(17-28)16-19-6-14-24(15-7-19)34-27(32)21-8-4-18(2)5-9-21/h4-16H,3H2,1-2H3,(H,29,30)/b22-16+. The number of esters is 2. The number of aryl methyl sites for hydroxylation is 1. The van der Waals surface area contributed by atoms with Gasteiger partial charge in [0.2, 0.25) is 0 Å². The summed E-state index contributed by atoms with van der Waals surface area (Å²) in [7, 11) is 0. The van der Waals surface area contributed by atoms with Crippen molar-refractivity contribution in [2.75, 3.05) is 11.9 Å². The second-order valence-corrected chi connectivity index (χ2v) is 7.25. The molecule has 0 radical (unpaired) electrons. The molecule has 1 amide bonds. The zero-order valence-corrected chi connectivity index (χ0v) is 18.7. The summed E-state index contributed by atoms with van der Waals surface area (Å²) in [5.41, 5.74) is 2.74. The van der Waals surface area contributed by atoms with Crippen LogP contribution < -0.4 is 10.1 Å². The van der Waals surface area contributed by atoms with Gasteiger partial charge in [-0.05, 0) is 74.0 Å². The molecular weight excluding hydrogens is 432 g/mol. The first-order valence-corrected chi connectivity index (χ1v) is 10.5. The van der Waals surface area contributed by atoms with Gasteiger partial charge in [0.05, 0.1) is 17.7 Å². The maximum Gasteiger partial charge on any atom is 0.343 e. The van der Waals surface area contributed by atoms with Gasteiger partial charge in [-0.3, -0.25) is 4.79 Å². The van der Waals surface area contributed by atoms with Gasteiger partial charge in [0.25, 0.3) is 5.91 Å². The van der Waals surface area contributed by atoms with Crippen LogP contribution in [0.1, 0.15) is 38.8 Å². The number of amides is 1. The highest BCUT2D eigenvalue weighted by atomic mass is 16.5. The number of hydrogen-bond acceptors (Lipinski definition) is 6. The molecule has 0 saturated heterocycles. The van der Waals surface area contributed by atoms with Gasteiger partial charge in [-0.25, -0.2) is 9.59 Å². The minimum absolute atomic E-state index is 0.112. The molecule has 0 heterocycles. The maximum atomic E-state index is 12.5. The number of anilines is 1. The normalized spacial score (nSPS) is 10.7. The third-order valence-corrected chi connectivity index (χ3v) is 4.71. The fourth-order valence-electron chi connectivity index (χ4n) is 2.91. The lowest BCUT2D eigenvalue weighted by molar-refractivity contribution is -0.112. The van der Waals surface area contributed by atoms with Crippen molar-refractivity contribution in [1.29, 1.82) is 5.26 Å². The molecule has 34 heavy (non-hydrogen) atoms. The smallest absolute Gasteiger partial charge is 0.343 e. The SMILES string of the molecule is CCOC(=O)c1ccc(NC(=O)/C(C#N)=C/c2ccc(OC(=O)c3ccc(C)cc3)cc2)cc1. The number of hydrogen-bond donors (Lipinski definition) is 1. The molecule has 7 nitrogen and oxygen atoms in total. The van der Waals surface area contributed by atoms with E-state index in [1.165, 1.54) is 18.2 Å². The predicted octanol–water partition coefficient (Wildman–Crippen LogP) is 4.94. The summed E-state index contributed by atoms with van der Waals surface area (Å²) in [6.45, 7) is 3.91. The second-order valence-electron chi connectivity index (χ2n) is 7.25. The van der Waals surface area contributed by atoms with Gasteiger partial charge in [-0.2, -0.15) is 5.26 Å². The summed E-state index contributed by atoms with van der Waals surface area (Å²) in [5.74, 6) is -1.19. The van der Waals surface area contributed by atoms with Crippen LogP contribution >= 0.6 is 0 Å². The minimum atomic E-state index is -0.596. The summed E-state index contributed by atoms with van der Waals surface area (Å²) < 4.78 is 10.3. The van der Waals surface area contributed by atoms with Crippen LogP contribution in [0.2, 0.25) is 0 Å². The number of carbonyl (C=O) groups is 3. The van der Waals surface area contributed by atoms with Crippen LogP contribution in [0.4, 0.5) is 5.69 Å². The topological polar surface area (TPSA) is 105 Å². The van der Waals surface area contributed by atoms with Gasteiger partial charge >= 0.3 is 11.9 Å². The molecular formula is C27H22N2O5. The van der Waals surface area contributed by atoms with Gasteiger partial charge in [-0.1, -0.05) is 29.8 Å². The van der Waals surface area contributed by atoms with Crippen molar-refractivity contribution in [2.24, 2.45) is 0 Å². The van der Waals surface area contributed by atoms with E-state index in [4.69, 9.17) is 9.47 Å². The van der Waals surface area contributed by atoms with E-state index in [1.807, 2.05) is 25.1 Å². The van der Waals surface area contributed by atoms with Crippen molar-refractivity contribution in [1.82, 2.24) is 0 Å². The van der Waals surface area contributed by atoms with Crippen molar-refractivity contribution in [3.05, 3.63) is 101 Å².